The Balaban J connectivity index is 2.25. The van der Waals surface area contributed by atoms with E-state index in [1.807, 2.05) is 0 Å². The molecule has 0 radical (unpaired) electrons. The van der Waals surface area contributed by atoms with E-state index in [1.54, 1.807) is 24.5 Å². The molecule has 7 heteroatoms. The molecule has 0 aliphatic heterocycles. The molecule has 7 nitrogen and oxygen atoms in total. The van der Waals surface area contributed by atoms with Gasteiger partial charge in [-0.2, -0.15) is 4.79 Å². The summed E-state index contributed by atoms with van der Waals surface area (Å²) < 4.78 is 0. The van der Waals surface area contributed by atoms with Crippen LogP contribution in [0.3, 0.4) is 0 Å². The highest BCUT2D eigenvalue weighted by molar-refractivity contribution is 5.92. The lowest BCUT2D eigenvalue weighted by Crippen LogP contribution is -2.39. The first-order valence-corrected chi connectivity index (χ1v) is 5.48. The van der Waals surface area contributed by atoms with Crippen LogP contribution in [0.1, 0.15) is 5.56 Å². The van der Waals surface area contributed by atoms with Gasteiger partial charge in [-0.1, -0.05) is 0 Å². The quantitative estimate of drug-likeness (QED) is 0.711. The Labute approximate surface area is 109 Å². The van der Waals surface area contributed by atoms with E-state index in [4.69, 9.17) is 6.57 Å². The van der Waals surface area contributed by atoms with Crippen molar-refractivity contribution in [3.05, 3.63) is 34.9 Å². The van der Waals surface area contributed by atoms with Crippen molar-refractivity contribution in [3.8, 4) is 6.57 Å². The molecule has 1 aromatic heterocycles. The summed E-state index contributed by atoms with van der Waals surface area (Å²) in [4.78, 5) is 40.1. The molecule has 1 rings (SSSR count). The molecule has 0 unspecified atom stereocenters. The van der Waals surface area contributed by atoms with Crippen LogP contribution in [0.4, 0.5) is 0 Å². The second kappa shape index (κ2) is 7.55. The highest BCUT2D eigenvalue weighted by Crippen LogP contribution is 1.96. The van der Waals surface area contributed by atoms with Gasteiger partial charge in [-0.3, -0.25) is 14.6 Å². The van der Waals surface area contributed by atoms with Gasteiger partial charge < -0.3 is 10.6 Å². The van der Waals surface area contributed by atoms with Crippen LogP contribution in [0.5, 0.6) is 0 Å². The number of pyridine rings is 1. The van der Waals surface area contributed by atoms with Crippen LogP contribution < -0.4 is 10.6 Å². The summed E-state index contributed by atoms with van der Waals surface area (Å²) in [5.74, 6) is -1.42. The van der Waals surface area contributed by atoms with Crippen molar-refractivity contribution in [3.63, 3.8) is 0 Å². The number of nitrogens with one attached hydrogen (secondary N) is 2. The monoisotopic (exact) mass is 261 g/mol. The average molecular weight is 261 g/mol. The van der Waals surface area contributed by atoms with Gasteiger partial charge in [-0.15, -0.1) is 0 Å². The third-order valence-corrected chi connectivity index (χ3v) is 2.14. The van der Waals surface area contributed by atoms with E-state index >= 15 is 0 Å². The number of rotatable bonds is 6. The molecule has 0 atom stereocenters. The third-order valence-electron chi connectivity index (χ3n) is 2.14. The Hall–Kier alpha value is -2.75. The minimum atomic E-state index is -0.642. The van der Waals surface area contributed by atoms with Crippen LogP contribution in [0.25, 0.3) is 4.85 Å². The maximum absolute atomic E-state index is 11.5. The predicted octanol–water partition coefficient (Wildman–Crippen LogP) is -0.654. The van der Waals surface area contributed by atoms with Gasteiger partial charge in [0, 0.05) is 17.2 Å². The normalized spacial score (nSPS) is 9.21. The van der Waals surface area contributed by atoms with Crippen LogP contribution in [0, 0.1) is 6.57 Å². The van der Waals surface area contributed by atoms with Crippen molar-refractivity contribution in [1.82, 2.24) is 15.6 Å². The van der Waals surface area contributed by atoms with Crippen molar-refractivity contribution < 1.29 is 14.4 Å². The lowest BCUT2D eigenvalue weighted by Gasteiger charge is -2.04. The summed E-state index contributed by atoms with van der Waals surface area (Å²) in [7, 11) is 0. The molecular formula is C12H13N4O3+. The second-order valence-corrected chi connectivity index (χ2v) is 3.61. The van der Waals surface area contributed by atoms with Gasteiger partial charge in [0.15, 0.2) is 6.54 Å². The molecule has 0 aliphatic rings. The molecule has 0 aromatic carbocycles. The van der Waals surface area contributed by atoms with E-state index in [0.29, 0.717) is 0 Å². The molecule has 0 spiro atoms. The molecule has 19 heavy (non-hydrogen) atoms. The van der Waals surface area contributed by atoms with Gasteiger partial charge >= 0.3 is 5.91 Å². The minimum absolute atomic E-state index is 0.160. The van der Waals surface area contributed by atoms with E-state index in [0.717, 1.165) is 5.56 Å². The second-order valence-electron chi connectivity index (χ2n) is 3.61. The maximum atomic E-state index is 11.5. The number of hydrogen-bond acceptors (Lipinski definition) is 4. The predicted molar refractivity (Wildman–Crippen MR) is 67.3 cm³/mol. The zero-order chi connectivity index (χ0) is 14.1. The van der Waals surface area contributed by atoms with E-state index in [1.165, 1.54) is 0 Å². The summed E-state index contributed by atoms with van der Waals surface area (Å²) in [6.07, 6.45) is 3.32. The number of carbonyl (C=O) groups is 3. The molecule has 0 bridgehead atoms. The first-order chi connectivity index (χ1) is 9.11. The summed E-state index contributed by atoms with van der Waals surface area (Å²) in [5, 5.41) is 4.69. The largest absolute Gasteiger partial charge is 0.533 e. The minimum Gasteiger partial charge on any atom is -0.347 e. The number of nitrogens with zero attached hydrogens (tertiary/aromatic N) is 2. The van der Waals surface area contributed by atoms with Gasteiger partial charge in [0.2, 0.25) is 11.8 Å². The van der Waals surface area contributed by atoms with Gasteiger partial charge in [-0.25, -0.2) is 0 Å². The average Bonchev–Trinajstić information content (AvgIpc) is 2.43. The molecule has 0 aliphatic carbocycles. The van der Waals surface area contributed by atoms with Gasteiger partial charge in [0.1, 0.15) is 0 Å². The number of aromatic nitrogens is 1. The van der Waals surface area contributed by atoms with Gasteiger partial charge in [0.05, 0.1) is 13.0 Å². The third kappa shape index (κ3) is 5.93. The first kappa shape index (κ1) is 14.3. The zero-order valence-corrected chi connectivity index (χ0v) is 10.1. The van der Waals surface area contributed by atoms with Crippen molar-refractivity contribution in [2.24, 2.45) is 0 Å². The Kier molecular flexibility index (Phi) is 5.69. The molecule has 3 amide bonds. The van der Waals surface area contributed by atoms with E-state index in [9.17, 15) is 14.4 Å². The van der Waals surface area contributed by atoms with Crippen molar-refractivity contribution in [2.45, 2.75) is 6.42 Å². The molecule has 0 saturated carbocycles. The number of hydrogen-bond donors (Lipinski definition) is 2. The van der Waals surface area contributed by atoms with E-state index < -0.39 is 11.8 Å². The molecule has 0 fully saturated rings. The molecule has 0 saturated heterocycles. The molecule has 1 heterocycles. The van der Waals surface area contributed by atoms with Crippen LogP contribution in [-0.2, 0) is 20.8 Å². The fraction of sp³-hybridized carbons (Fsp3) is 0.250. The topological polar surface area (TPSA) is 92.5 Å². The van der Waals surface area contributed by atoms with E-state index in [-0.39, 0.29) is 25.4 Å². The lowest BCUT2D eigenvalue weighted by molar-refractivity contribution is -0.126. The van der Waals surface area contributed by atoms with Crippen LogP contribution in [0.15, 0.2) is 24.5 Å². The Morgan fingerprint density at radius 2 is 1.74 bits per heavy atom. The first-order valence-electron chi connectivity index (χ1n) is 5.48. The number of amides is 3. The smallest absolute Gasteiger partial charge is 0.347 e. The van der Waals surface area contributed by atoms with Crippen molar-refractivity contribution in [2.75, 3.05) is 13.1 Å². The van der Waals surface area contributed by atoms with Crippen molar-refractivity contribution >= 4 is 17.7 Å². The Bertz CT molecular complexity index is 507. The molecule has 1 aromatic rings. The highest BCUT2D eigenvalue weighted by atomic mass is 16.2. The van der Waals surface area contributed by atoms with E-state index in [2.05, 4.69) is 20.5 Å². The number of carbonyl (C=O) groups excluding carboxylic acids is 3. The fourth-order valence-electron chi connectivity index (χ4n) is 1.21. The molecule has 98 valence electrons. The van der Waals surface area contributed by atoms with Gasteiger partial charge in [-0.05, 0) is 17.7 Å². The zero-order valence-electron chi connectivity index (χ0n) is 10.1. The Morgan fingerprint density at radius 3 is 2.37 bits per heavy atom. The summed E-state index contributed by atoms with van der Waals surface area (Å²) in [5.41, 5.74) is 0.796. The van der Waals surface area contributed by atoms with Crippen LogP contribution in [0.2, 0.25) is 0 Å². The lowest BCUT2D eigenvalue weighted by atomic mass is 10.2. The standard InChI is InChI=1S/C12H12N4O3/c1-13-11(18)7-16-12(19)8-15-10(17)6-9-2-4-14-5-3-9/h1-5H,6-8H2,(H-,15,16,17,19)/p+1. The maximum Gasteiger partial charge on any atom is 0.533 e. The van der Waals surface area contributed by atoms with Gasteiger partial charge in [0.25, 0.3) is 6.57 Å². The summed E-state index contributed by atoms with van der Waals surface area (Å²) in [6, 6.07) is 3.42. The van der Waals surface area contributed by atoms with Crippen molar-refractivity contribution in [1.29, 1.82) is 0 Å². The molecular weight excluding hydrogens is 248 g/mol. The highest BCUT2D eigenvalue weighted by Gasteiger charge is 2.12. The SMILES string of the molecule is C#[N+]C(=O)CNC(=O)CNC(=O)Cc1ccncc1. The Morgan fingerprint density at radius 1 is 1.11 bits per heavy atom. The fourth-order valence-corrected chi connectivity index (χ4v) is 1.21. The summed E-state index contributed by atoms with van der Waals surface area (Å²) >= 11 is 0. The van der Waals surface area contributed by atoms with Crippen LogP contribution >= 0.6 is 0 Å². The summed E-state index contributed by atoms with van der Waals surface area (Å²) in [6.45, 7) is 4.23. The van der Waals surface area contributed by atoms with Crippen LogP contribution in [-0.4, -0.2) is 35.8 Å². The molecule has 2 N–H and O–H groups in total.